The van der Waals surface area contributed by atoms with Crippen molar-refractivity contribution >= 4 is 5.69 Å². The van der Waals surface area contributed by atoms with Gasteiger partial charge in [-0.1, -0.05) is 29.8 Å². The second-order valence-corrected chi connectivity index (χ2v) is 5.46. The van der Waals surface area contributed by atoms with Crippen LogP contribution in [-0.2, 0) is 6.42 Å². The van der Waals surface area contributed by atoms with Gasteiger partial charge in [-0.3, -0.25) is 0 Å². The van der Waals surface area contributed by atoms with Crippen molar-refractivity contribution in [1.29, 1.82) is 0 Å². The fourth-order valence-corrected chi connectivity index (χ4v) is 2.86. The van der Waals surface area contributed by atoms with Gasteiger partial charge in [0.2, 0.25) is 0 Å². The van der Waals surface area contributed by atoms with Crippen molar-refractivity contribution in [2.75, 3.05) is 5.32 Å². The molecule has 0 amide bonds. The first-order valence-electron chi connectivity index (χ1n) is 6.81. The fourth-order valence-electron chi connectivity index (χ4n) is 2.86. The summed E-state index contributed by atoms with van der Waals surface area (Å²) in [5.41, 5.74) is 5.65. The number of anilines is 1. The van der Waals surface area contributed by atoms with Crippen LogP contribution in [0.4, 0.5) is 14.5 Å². The van der Waals surface area contributed by atoms with Gasteiger partial charge in [0.25, 0.3) is 6.43 Å². The first-order valence-corrected chi connectivity index (χ1v) is 6.81. The summed E-state index contributed by atoms with van der Waals surface area (Å²) >= 11 is 0. The molecule has 0 radical (unpaired) electrons. The molecule has 0 spiro atoms. The molecule has 1 unspecified atom stereocenters. The van der Waals surface area contributed by atoms with Crippen molar-refractivity contribution in [2.24, 2.45) is 0 Å². The minimum Gasteiger partial charge on any atom is -0.378 e. The van der Waals surface area contributed by atoms with Crippen LogP contribution in [0.15, 0.2) is 36.4 Å². The Kier molecular flexibility index (Phi) is 3.20. The summed E-state index contributed by atoms with van der Waals surface area (Å²) in [5.74, 6) is 0. The van der Waals surface area contributed by atoms with Gasteiger partial charge < -0.3 is 5.32 Å². The van der Waals surface area contributed by atoms with Gasteiger partial charge in [0.15, 0.2) is 0 Å². The Labute approximate surface area is 117 Å². The maximum atomic E-state index is 12.9. The number of nitrogens with one attached hydrogen (secondary N) is 1. The highest BCUT2D eigenvalue weighted by Crippen LogP contribution is 2.34. The Morgan fingerprint density at radius 2 is 1.90 bits per heavy atom. The second kappa shape index (κ2) is 4.89. The number of hydrogen-bond donors (Lipinski definition) is 1. The Bertz CT molecular complexity index is 649. The van der Waals surface area contributed by atoms with Crippen molar-refractivity contribution in [2.45, 2.75) is 32.7 Å². The molecule has 1 nitrogen and oxygen atoms in total. The highest BCUT2D eigenvalue weighted by atomic mass is 19.3. The zero-order chi connectivity index (χ0) is 14.3. The van der Waals surface area contributed by atoms with Crippen LogP contribution in [0.25, 0.3) is 0 Å². The summed E-state index contributed by atoms with van der Waals surface area (Å²) < 4.78 is 25.8. The van der Waals surface area contributed by atoms with Crippen molar-refractivity contribution in [3.8, 4) is 0 Å². The number of aryl methyl sites for hydroxylation is 1. The molecule has 0 aliphatic carbocycles. The molecule has 1 aliphatic heterocycles. The lowest BCUT2D eigenvalue weighted by atomic mass is 9.95. The van der Waals surface area contributed by atoms with Crippen LogP contribution in [0.1, 0.15) is 47.2 Å². The van der Waals surface area contributed by atoms with Gasteiger partial charge in [0, 0.05) is 17.3 Å². The fraction of sp³-hybridized carbons (Fsp3) is 0.294. The smallest absolute Gasteiger partial charge is 0.263 e. The van der Waals surface area contributed by atoms with Gasteiger partial charge >= 0.3 is 0 Å². The van der Waals surface area contributed by atoms with Gasteiger partial charge in [0.1, 0.15) is 0 Å². The lowest BCUT2D eigenvalue weighted by Crippen LogP contribution is -2.06. The molecule has 0 fully saturated rings. The van der Waals surface area contributed by atoms with E-state index < -0.39 is 6.43 Å². The molecule has 0 saturated heterocycles. The van der Waals surface area contributed by atoms with E-state index in [1.54, 1.807) is 6.07 Å². The van der Waals surface area contributed by atoms with Crippen molar-refractivity contribution in [1.82, 2.24) is 0 Å². The minimum atomic E-state index is -2.41. The van der Waals surface area contributed by atoms with Crippen LogP contribution in [0.2, 0.25) is 0 Å². The van der Waals surface area contributed by atoms with E-state index in [-0.39, 0.29) is 11.6 Å². The number of rotatable bonds is 1. The molecule has 3 rings (SSSR count). The zero-order valence-electron chi connectivity index (χ0n) is 11.6. The molecule has 1 N–H and O–H groups in total. The van der Waals surface area contributed by atoms with Gasteiger partial charge in [-0.15, -0.1) is 0 Å². The number of hydrogen-bond acceptors (Lipinski definition) is 1. The number of alkyl halides is 2. The highest BCUT2D eigenvalue weighted by molar-refractivity contribution is 5.59. The van der Waals surface area contributed by atoms with E-state index in [9.17, 15) is 8.78 Å². The third kappa shape index (κ3) is 2.28. The van der Waals surface area contributed by atoms with E-state index in [2.05, 4.69) is 30.4 Å². The molecule has 1 heterocycles. The number of fused-ring (bicyclic) bond motifs is 2. The lowest BCUT2D eigenvalue weighted by Gasteiger charge is -2.16. The number of benzene rings is 2. The topological polar surface area (TPSA) is 12.0 Å². The molecule has 2 aromatic carbocycles. The summed E-state index contributed by atoms with van der Waals surface area (Å²) in [4.78, 5) is 0. The first-order chi connectivity index (χ1) is 9.54. The first kappa shape index (κ1) is 13.1. The third-order valence-corrected chi connectivity index (χ3v) is 3.90. The monoisotopic (exact) mass is 273 g/mol. The van der Waals surface area contributed by atoms with E-state index in [1.165, 1.54) is 17.2 Å². The van der Waals surface area contributed by atoms with E-state index >= 15 is 0 Å². The van der Waals surface area contributed by atoms with Crippen molar-refractivity contribution < 1.29 is 8.78 Å². The van der Waals surface area contributed by atoms with Gasteiger partial charge in [-0.25, -0.2) is 8.78 Å². The summed E-state index contributed by atoms with van der Waals surface area (Å²) in [6, 6.07) is 11.4. The van der Waals surface area contributed by atoms with Crippen LogP contribution < -0.4 is 5.32 Å². The van der Waals surface area contributed by atoms with Crippen LogP contribution in [-0.4, -0.2) is 0 Å². The lowest BCUT2D eigenvalue weighted by molar-refractivity contribution is 0.151. The average molecular weight is 273 g/mol. The summed E-state index contributed by atoms with van der Waals surface area (Å²) in [5, 5.41) is 3.47. The van der Waals surface area contributed by atoms with Crippen LogP contribution in [0.3, 0.4) is 0 Å². The second-order valence-electron chi connectivity index (χ2n) is 5.46. The van der Waals surface area contributed by atoms with E-state index in [1.807, 2.05) is 13.0 Å². The molecule has 0 saturated carbocycles. The minimum absolute atomic E-state index is 0.104. The molecule has 1 atom stereocenters. The molecule has 104 valence electrons. The van der Waals surface area contributed by atoms with Gasteiger partial charge in [-0.05, 0) is 49.1 Å². The van der Waals surface area contributed by atoms with Gasteiger partial charge in [-0.2, -0.15) is 0 Å². The summed E-state index contributed by atoms with van der Waals surface area (Å²) in [6.07, 6.45) is -1.71. The summed E-state index contributed by atoms with van der Waals surface area (Å²) in [7, 11) is 0. The Balaban J connectivity index is 2.11. The standard InChI is InChI=1S/C17H17F2N/c1-10-3-6-16-14(7-10)9-13-8-12(17(18)19)4-5-15(13)11(2)20-16/h3-8,11,17,20H,9H2,1-2H3. The Morgan fingerprint density at radius 1 is 1.10 bits per heavy atom. The largest absolute Gasteiger partial charge is 0.378 e. The molecule has 3 heteroatoms. The highest BCUT2D eigenvalue weighted by Gasteiger charge is 2.20. The third-order valence-electron chi connectivity index (χ3n) is 3.90. The molecular weight excluding hydrogens is 256 g/mol. The predicted octanol–water partition coefficient (Wildman–Crippen LogP) is 5.01. The molecular formula is C17H17F2N. The number of halogens is 2. The average Bonchev–Trinajstić information content (AvgIpc) is 2.54. The van der Waals surface area contributed by atoms with E-state index in [0.717, 1.165) is 16.8 Å². The van der Waals surface area contributed by atoms with Crippen LogP contribution in [0.5, 0.6) is 0 Å². The van der Waals surface area contributed by atoms with Crippen molar-refractivity contribution in [3.05, 3.63) is 64.2 Å². The Morgan fingerprint density at radius 3 is 2.65 bits per heavy atom. The molecule has 20 heavy (non-hydrogen) atoms. The maximum absolute atomic E-state index is 12.9. The quantitative estimate of drug-likeness (QED) is 0.770. The van der Waals surface area contributed by atoms with E-state index in [4.69, 9.17) is 0 Å². The molecule has 2 aromatic rings. The zero-order valence-corrected chi connectivity index (χ0v) is 11.6. The molecule has 1 aliphatic rings. The molecule has 0 bridgehead atoms. The SMILES string of the molecule is Cc1ccc2c(c1)Cc1cc(C(F)F)ccc1C(C)N2. The summed E-state index contributed by atoms with van der Waals surface area (Å²) in [6.45, 7) is 4.11. The maximum Gasteiger partial charge on any atom is 0.263 e. The molecule has 0 aromatic heterocycles. The van der Waals surface area contributed by atoms with E-state index in [0.29, 0.717) is 6.42 Å². The Hall–Kier alpha value is -1.90. The van der Waals surface area contributed by atoms with Crippen LogP contribution >= 0.6 is 0 Å². The van der Waals surface area contributed by atoms with Crippen molar-refractivity contribution in [3.63, 3.8) is 0 Å². The predicted molar refractivity (Wildman–Crippen MR) is 77.4 cm³/mol. The normalized spacial score (nSPS) is 17.1. The van der Waals surface area contributed by atoms with Crippen LogP contribution in [0, 0.1) is 6.92 Å². The van der Waals surface area contributed by atoms with Gasteiger partial charge in [0.05, 0.1) is 0 Å².